The molecule has 0 unspecified atom stereocenters. The molecule has 0 bridgehead atoms. The lowest BCUT2D eigenvalue weighted by molar-refractivity contribution is -0.142. The van der Waals surface area contributed by atoms with Crippen LogP contribution in [0.2, 0.25) is 0 Å². The predicted molar refractivity (Wildman–Crippen MR) is 91.4 cm³/mol. The van der Waals surface area contributed by atoms with Crippen molar-refractivity contribution in [2.45, 2.75) is 31.7 Å². The van der Waals surface area contributed by atoms with Crippen molar-refractivity contribution in [3.05, 3.63) is 36.0 Å². The van der Waals surface area contributed by atoms with Crippen LogP contribution in [0.1, 0.15) is 36.0 Å². The number of methoxy groups -OCH3 is 1. The largest absolute Gasteiger partial charge is 0.497 e. The summed E-state index contributed by atoms with van der Waals surface area (Å²) in [5, 5.41) is 18.9. The van der Waals surface area contributed by atoms with E-state index in [1.165, 1.54) is 6.20 Å². The van der Waals surface area contributed by atoms with Crippen LogP contribution in [-0.2, 0) is 4.79 Å². The number of ether oxygens (including phenoxy) is 1. The number of H-pyrrole nitrogens is 1. The third kappa shape index (κ3) is 3.81. The van der Waals surface area contributed by atoms with Crippen LogP contribution in [0.3, 0.4) is 0 Å². The Hall–Kier alpha value is -2.83. The smallest absolute Gasteiger partial charge is 0.306 e. The highest BCUT2D eigenvalue weighted by molar-refractivity contribution is 6.00. The monoisotopic (exact) mass is 343 g/mol. The lowest BCUT2D eigenvalue weighted by Gasteiger charge is -2.26. The minimum Gasteiger partial charge on any atom is -0.497 e. The van der Waals surface area contributed by atoms with Gasteiger partial charge in [0.1, 0.15) is 5.75 Å². The molecule has 3 N–H and O–H groups in total. The molecule has 1 aliphatic rings. The minimum atomic E-state index is -0.750. The van der Waals surface area contributed by atoms with Crippen molar-refractivity contribution in [1.29, 1.82) is 0 Å². The number of benzene rings is 1. The molecule has 1 heterocycles. The summed E-state index contributed by atoms with van der Waals surface area (Å²) in [4.78, 5) is 23.6. The van der Waals surface area contributed by atoms with Crippen molar-refractivity contribution in [2.24, 2.45) is 5.92 Å². The number of aromatic nitrogens is 2. The number of amides is 1. The van der Waals surface area contributed by atoms with Gasteiger partial charge in [-0.1, -0.05) is 12.1 Å². The predicted octanol–water partition coefficient (Wildman–Crippen LogP) is 2.46. The van der Waals surface area contributed by atoms with E-state index in [-0.39, 0.29) is 17.9 Å². The van der Waals surface area contributed by atoms with Crippen LogP contribution in [0.5, 0.6) is 5.75 Å². The summed E-state index contributed by atoms with van der Waals surface area (Å²) in [6, 6.07) is 7.40. The molecule has 0 saturated heterocycles. The number of aliphatic carboxylic acids is 1. The van der Waals surface area contributed by atoms with Crippen molar-refractivity contribution in [1.82, 2.24) is 15.5 Å². The molecule has 2 aromatic rings. The summed E-state index contributed by atoms with van der Waals surface area (Å²) in [6.45, 7) is 0. The first-order chi connectivity index (χ1) is 12.1. The van der Waals surface area contributed by atoms with Gasteiger partial charge in [-0.2, -0.15) is 5.10 Å². The van der Waals surface area contributed by atoms with Crippen molar-refractivity contribution in [2.75, 3.05) is 7.11 Å². The third-order valence-electron chi connectivity index (χ3n) is 4.65. The first-order valence-corrected chi connectivity index (χ1v) is 8.30. The van der Waals surface area contributed by atoms with Crippen LogP contribution in [-0.4, -0.2) is 40.3 Å². The van der Waals surface area contributed by atoms with Gasteiger partial charge in [-0.05, 0) is 37.8 Å². The highest BCUT2D eigenvalue weighted by Gasteiger charge is 2.27. The molecule has 1 aromatic carbocycles. The Morgan fingerprint density at radius 3 is 2.72 bits per heavy atom. The topological polar surface area (TPSA) is 104 Å². The van der Waals surface area contributed by atoms with Gasteiger partial charge in [0.2, 0.25) is 0 Å². The van der Waals surface area contributed by atoms with E-state index in [0.29, 0.717) is 42.7 Å². The van der Waals surface area contributed by atoms with Gasteiger partial charge in [0, 0.05) is 11.6 Å². The molecule has 3 rings (SSSR count). The van der Waals surface area contributed by atoms with Crippen LogP contribution in [0.25, 0.3) is 11.3 Å². The van der Waals surface area contributed by atoms with E-state index >= 15 is 0 Å². The van der Waals surface area contributed by atoms with Crippen LogP contribution in [0.4, 0.5) is 0 Å². The van der Waals surface area contributed by atoms with E-state index in [1.807, 2.05) is 24.3 Å². The van der Waals surface area contributed by atoms with Gasteiger partial charge < -0.3 is 15.2 Å². The van der Waals surface area contributed by atoms with E-state index in [0.717, 1.165) is 5.56 Å². The number of carbonyl (C=O) groups excluding carboxylic acids is 1. The van der Waals surface area contributed by atoms with Gasteiger partial charge >= 0.3 is 5.97 Å². The lowest BCUT2D eigenvalue weighted by Crippen LogP contribution is -2.38. The molecule has 0 radical (unpaired) electrons. The fourth-order valence-electron chi connectivity index (χ4n) is 3.20. The van der Waals surface area contributed by atoms with Crippen LogP contribution in [0.15, 0.2) is 30.5 Å². The average molecular weight is 343 g/mol. The number of hydrogen-bond acceptors (Lipinski definition) is 4. The molecule has 1 aliphatic carbocycles. The zero-order valence-corrected chi connectivity index (χ0v) is 14.0. The van der Waals surface area contributed by atoms with Crippen molar-refractivity contribution >= 4 is 11.9 Å². The van der Waals surface area contributed by atoms with Crippen molar-refractivity contribution < 1.29 is 19.4 Å². The Balaban J connectivity index is 1.70. The van der Waals surface area contributed by atoms with Gasteiger partial charge in [-0.15, -0.1) is 0 Å². The van der Waals surface area contributed by atoms with Gasteiger partial charge in [0.15, 0.2) is 0 Å². The second-order valence-electron chi connectivity index (χ2n) is 6.25. The molecule has 1 amide bonds. The standard InChI is InChI=1S/C18H21N3O4/c1-25-14-4-2-3-12(9-14)16-15(10-19-21-16)17(22)20-13-7-5-11(6-8-13)18(23)24/h2-4,9-11,13H,5-8H2,1H3,(H,19,21)(H,20,22)(H,23,24). The fourth-order valence-corrected chi connectivity index (χ4v) is 3.20. The van der Waals surface area contributed by atoms with Crippen molar-refractivity contribution in [3.63, 3.8) is 0 Å². The molecule has 0 spiro atoms. The van der Waals surface area contributed by atoms with E-state index in [4.69, 9.17) is 9.84 Å². The number of carboxylic acids is 1. The maximum Gasteiger partial charge on any atom is 0.306 e. The summed E-state index contributed by atoms with van der Waals surface area (Å²) in [6.07, 6.45) is 4.04. The van der Waals surface area contributed by atoms with E-state index in [2.05, 4.69) is 15.5 Å². The lowest BCUT2D eigenvalue weighted by atomic mass is 9.86. The highest BCUT2D eigenvalue weighted by Crippen LogP contribution is 2.27. The average Bonchev–Trinajstić information content (AvgIpc) is 3.12. The van der Waals surface area contributed by atoms with E-state index in [9.17, 15) is 9.59 Å². The number of rotatable bonds is 5. The van der Waals surface area contributed by atoms with Gasteiger partial charge in [0.05, 0.1) is 30.5 Å². The van der Waals surface area contributed by atoms with Crippen LogP contribution in [0, 0.1) is 5.92 Å². The molecular formula is C18H21N3O4. The van der Waals surface area contributed by atoms with Crippen molar-refractivity contribution in [3.8, 4) is 17.0 Å². The summed E-state index contributed by atoms with van der Waals surface area (Å²) in [7, 11) is 1.59. The fraction of sp³-hybridized carbons (Fsp3) is 0.389. The first-order valence-electron chi connectivity index (χ1n) is 8.30. The van der Waals surface area contributed by atoms with Gasteiger partial charge in [0.25, 0.3) is 5.91 Å². The summed E-state index contributed by atoms with van der Waals surface area (Å²) in [5.74, 6) is -0.551. The molecule has 7 heteroatoms. The Bertz CT molecular complexity index is 763. The molecule has 1 saturated carbocycles. The molecular weight excluding hydrogens is 322 g/mol. The molecule has 25 heavy (non-hydrogen) atoms. The third-order valence-corrected chi connectivity index (χ3v) is 4.65. The quantitative estimate of drug-likeness (QED) is 0.773. The maximum absolute atomic E-state index is 12.6. The number of nitrogens with zero attached hydrogens (tertiary/aromatic N) is 1. The number of nitrogens with one attached hydrogen (secondary N) is 2. The minimum absolute atomic E-state index is 0.00356. The number of carboxylic acid groups (broad SMARTS) is 1. The molecule has 0 atom stereocenters. The Morgan fingerprint density at radius 1 is 1.28 bits per heavy atom. The zero-order valence-electron chi connectivity index (χ0n) is 14.0. The molecule has 132 valence electrons. The van der Waals surface area contributed by atoms with E-state index < -0.39 is 5.97 Å². The molecule has 1 aromatic heterocycles. The zero-order chi connectivity index (χ0) is 17.8. The molecule has 0 aliphatic heterocycles. The molecule has 1 fully saturated rings. The van der Waals surface area contributed by atoms with Crippen LogP contribution >= 0.6 is 0 Å². The highest BCUT2D eigenvalue weighted by atomic mass is 16.5. The maximum atomic E-state index is 12.6. The van der Waals surface area contributed by atoms with Gasteiger partial charge in [-0.25, -0.2) is 0 Å². The van der Waals surface area contributed by atoms with Crippen LogP contribution < -0.4 is 10.1 Å². The summed E-state index contributed by atoms with van der Waals surface area (Å²) >= 11 is 0. The molecule has 7 nitrogen and oxygen atoms in total. The normalized spacial score (nSPS) is 20.0. The van der Waals surface area contributed by atoms with E-state index in [1.54, 1.807) is 7.11 Å². The second kappa shape index (κ2) is 7.38. The number of carbonyl (C=O) groups is 2. The second-order valence-corrected chi connectivity index (χ2v) is 6.25. The number of aromatic amines is 1. The van der Waals surface area contributed by atoms with Gasteiger partial charge in [-0.3, -0.25) is 14.7 Å². The number of hydrogen-bond donors (Lipinski definition) is 3. The SMILES string of the molecule is COc1cccc(-c2[nH]ncc2C(=O)NC2CCC(C(=O)O)CC2)c1. The Morgan fingerprint density at radius 2 is 2.04 bits per heavy atom. The Kier molecular flexibility index (Phi) is 5.02. The first kappa shape index (κ1) is 17.0. The summed E-state index contributed by atoms with van der Waals surface area (Å²) in [5.41, 5.74) is 1.92. The Labute approximate surface area is 145 Å². The summed E-state index contributed by atoms with van der Waals surface area (Å²) < 4.78 is 5.22.